The minimum atomic E-state index is -2.72. The molecule has 0 amide bonds. The largest absolute Gasteiger partial charge is 0.461 e. The maximum absolute atomic E-state index is 12.2. The third-order valence-electron chi connectivity index (χ3n) is 1.38. The summed E-state index contributed by atoms with van der Waals surface area (Å²) in [5, 5.41) is 5.51. The van der Waals surface area contributed by atoms with Crippen molar-refractivity contribution in [3.63, 3.8) is 0 Å². The highest BCUT2D eigenvalue weighted by molar-refractivity contribution is 5.88. The van der Waals surface area contributed by atoms with Crippen molar-refractivity contribution >= 4 is 5.97 Å². The lowest BCUT2D eigenvalue weighted by Gasteiger charge is -2.00. The van der Waals surface area contributed by atoms with Gasteiger partial charge in [0, 0.05) is 0 Å². The molecule has 1 aromatic rings. The van der Waals surface area contributed by atoms with Crippen molar-refractivity contribution in [1.82, 2.24) is 10.2 Å². The van der Waals surface area contributed by atoms with Gasteiger partial charge in [0.15, 0.2) is 5.69 Å². The molecule has 13 heavy (non-hydrogen) atoms. The Kier molecular flexibility index (Phi) is 2.94. The molecule has 0 radical (unpaired) electrons. The summed E-state index contributed by atoms with van der Waals surface area (Å²) in [6, 6.07) is 0. The second kappa shape index (κ2) is 3.97. The number of ether oxygens (including phenoxy) is 1. The van der Waals surface area contributed by atoms with Gasteiger partial charge in [-0.2, -0.15) is 5.10 Å². The summed E-state index contributed by atoms with van der Waals surface area (Å²) in [4.78, 5) is 11.0. The van der Waals surface area contributed by atoms with E-state index in [1.165, 1.54) is 0 Å². The van der Waals surface area contributed by atoms with Crippen molar-refractivity contribution in [2.45, 2.75) is 13.3 Å². The van der Waals surface area contributed by atoms with E-state index in [-0.39, 0.29) is 12.3 Å². The van der Waals surface area contributed by atoms with Crippen molar-refractivity contribution in [2.75, 3.05) is 6.61 Å². The van der Waals surface area contributed by atoms with Crippen molar-refractivity contribution in [3.8, 4) is 0 Å². The standard InChI is InChI=1S/C7H8F2N2O2/c1-2-13-7(12)5-4(6(8)9)3-10-11-5/h3,6H,2H2,1H3,(H,10,11). The second-order valence-corrected chi connectivity index (χ2v) is 2.22. The Balaban J connectivity index is 2.87. The molecule has 0 saturated heterocycles. The number of aromatic amines is 1. The minimum absolute atomic E-state index is 0.139. The first-order valence-electron chi connectivity index (χ1n) is 3.65. The van der Waals surface area contributed by atoms with Gasteiger partial charge in [-0.25, -0.2) is 13.6 Å². The Morgan fingerprint density at radius 2 is 2.46 bits per heavy atom. The summed E-state index contributed by atoms with van der Waals surface area (Å²) in [7, 11) is 0. The number of aromatic nitrogens is 2. The van der Waals surface area contributed by atoms with Crippen LogP contribution in [0.2, 0.25) is 0 Å². The highest BCUT2D eigenvalue weighted by Gasteiger charge is 2.21. The maximum Gasteiger partial charge on any atom is 0.356 e. The van der Waals surface area contributed by atoms with E-state index in [1.807, 2.05) is 0 Å². The summed E-state index contributed by atoms with van der Waals surface area (Å²) >= 11 is 0. The molecular formula is C7H8F2N2O2. The van der Waals surface area contributed by atoms with Crippen LogP contribution in [0.5, 0.6) is 0 Å². The van der Waals surface area contributed by atoms with E-state index in [0.717, 1.165) is 6.20 Å². The first-order valence-corrected chi connectivity index (χ1v) is 3.65. The summed E-state index contributed by atoms with van der Waals surface area (Å²) in [6.45, 7) is 1.73. The van der Waals surface area contributed by atoms with Crippen molar-refractivity contribution < 1.29 is 18.3 Å². The van der Waals surface area contributed by atoms with Gasteiger partial charge in [-0.05, 0) is 6.92 Å². The number of nitrogens with zero attached hydrogens (tertiary/aromatic N) is 1. The summed E-state index contributed by atoms with van der Waals surface area (Å²) < 4.78 is 28.9. The molecular weight excluding hydrogens is 182 g/mol. The fraction of sp³-hybridized carbons (Fsp3) is 0.429. The molecule has 1 heterocycles. The molecule has 0 aromatic carbocycles. The van der Waals surface area contributed by atoms with Crippen LogP contribution in [0, 0.1) is 0 Å². The molecule has 0 aliphatic rings. The number of carbonyl (C=O) groups is 1. The van der Waals surface area contributed by atoms with Crippen LogP contribution in [0.3, 0.4) is 0 Å². The van der Waals surface area contributed by atoms with Gasteiger partial charge in [-0.15, -0.1) is 0 Å². The first kappa shape index (κ1) is 9.63. The summed E-state index contributed by atoms with van der Waals surface area (Å²) in [5.41, 5.74) is -0.713. The van der Waals surface area contributed by atoms with Crippen LogP contribution >= 0.6 is 0 Å². The fourth-order valence-corrected chi connectivity index (χ4v) is 0.828. The van der Waals surface area contributed by atoms with E-state index in [4.69, 9.17) is 0 Å². The summed E-state index contributed by atoms with van der Waals surface area (Å²) in [6.07, 6.45) is -1.81. The number of nitrogens with one attached hydrogen (secondary N) is 1. The van der Waals surface area contributed by atoms with Crippen LogP contribution in [0.15, 0.2) is 6.20 Å². The Morgan fingerprint density at radius 3 is 3.00 bits per heavy atom. The Morgan fingerprint density at radius 1 is 1.77 bits per heavy atom. The average Bonchev–Trinajstić information content (AvgIpc) is 2.52. The fourth-order valence-electron chi connectivity index (χ4n) is 0.828. The molecule has 0 aliphatic carbocycles. The topological polar surface area (TPSA) is 55.0 Å². The van der Waals surface area contributed by atoms with Gasteiger partial charge in [0.05, 0.1) is 18.4 Å². The van der Waals surface area contributed by atoms with Gasteiger partial charge in [-0.3, -0.25) is 5.10 Å². The average molecular weight is 190 g/mol. The third-order valence-corrected chi connectivity index (χ3v) is 1.38. The van der Waals surface area contributed by atoms with Crippen LogP contribution in [0.25, 0.3) is 0 Å². The lowest BCUT2D eigenvalue weighted by molar-refractivity contribution is 0.0508. The molecule has 6 heteroatoms. The zero-order valence-electron chi connectivity index (χ0n) is 6.88. The Hall–Kier alpha value is -1.46. The molecule has 0 atom stereocenters. The molecule has 4 nitrogen and oxygen atoms in total. The van der Waals surface area contributed by atoms with Gasteiger partial charge in [0.2, 0.25) is 0 Å². The highest BCUT2D eigenvalue weighted by Crippen LogP contribution is 2.21. The van der Waals surface area contributed by atoms with Gasteiger partial charge in [-0.1, -0.05) is 0 Å². The van der Waals surface area contributed by atoms with Gasteiger partial charge < -0.3 is 4.74 Å². The molecule has 0 unspecified atom stereocenters. The van der Waals surface area contributed by atoms with Crippen LogP contribution in [0.1, 0.15) is 29.4 Å². The number of rotatable bonds is 3. The zero-order chi connectivity index (χ0) is 9.84. The van der Waals surface area contributed by atoms with Crippen molar-refractivity contribution in [2.24, 2.45) is 0 Å². The van der Waals surface area contributed by atoms with Crippen molar-refractivity contribution in [1.29, 1.82) is 0 Å². The minimum Gasteiger partial charge on any atom is -0.461 e. The molecule has 0 fully saturated rings. The predicted octanol–water partition coefficient (Wildman–Crippen LogP) is 1.52. The normalized spacial score (nSPS) is 10.5. The van der Waals surface area contributed by atoms with E-state index in [9.17, 15) is 13.6 Å². The van der Waals surface area contributed by atoms with Crippen LogP contribution in [0.4, 0.5) is 8.78 Å². The van der Waals surface area contributed by atoms with Crippen LogP contribution in [-0.4, -0.2) is 22.8 Å². The number of carbonyl (C=O) groups excluding carboxylic acids is 1. The number of H-pyrrole nitrogens is 1. The number of halogens is 2. The van der Waals surface area contributed by atoms with Crippen LogP contribution in [-0.2, 0) is 4.74 Å². The van der Waals surface area contributed by atoms with E-state index in [2.05, 4.69) is 14.9 Å². The number of hydrogen-bond donors (Lipinski definition) is 1. The quantitative estimate of drug-likeness (QED) is 0.735. The Labute approximate surface area is 72.9 Å². The first-order chi connectivity index (χ1) is 6.16. The van der Waals surface area contributed by atoms with E-state index >= 15 is 0 Å². The SMILES string of the molecule is CCOC(=O)c1[nH]ncc1C(F)F. The second-order valence-electron chi connectivity index (χ2n) is 2.22. The van der Waals surface area contributed by atoms with Gasteiger partial charge in [0.1, 0.15) is 0 Å². The smallest absolute Gasteiger partial charge is 0.356 e. The molecule has 0 aliphatic heterocycles. The van der Waals surface area contributed by atoms with E-state index in [1.54, 1.807) is 6.92 Å². The van der Waals surface area contributed by atoms with E-state index < -0.39 is 18.0 Å². The molecule has 1 rings (SSSR count). The Bertz CT molecular complexity index is 298. The predicted molar refractivity (Wildman–Crippen MR) is 39.5 cm³/mol. The zero-order valence-corrected chi connectivity index (χ0v) is 6.88. The van der Waals surface area contributed by atoms with Crippen molar-refractivity contribution in [3.05, 3.63) is 17.5 Å². The molecule has 1 aromatic heterocycles. The summed E-state index contributed by atoms with van der Waals surface area (Å²) in [5.74, 6) is -0.810. The number of esters is 1. The lowest BCUT2D eigenvalue weighted by atomic mass is 10.2. The third kappa shape index (κ3) is 2.01. The maximum atomic E-state index is 12.2. The monoisotopic (exact) mass is 190 g/mol. The van der Waals surface area contributed by atoms with Gasteiger partial charge in [0.25, 0.3) is 6.43 Å². The number of hydrogen-bond acceptors (Lipinski definition) is 3. The highest BCUT2D eigenvalue weighted by atomic mass is 19.3. The molecule has 1 N–H and O–H groups in total. The number of alkyl halides is 2. The molecule has 0 bridgehead atoms. The van der Waals surface area contributed by atoms with E-state index in [0.29, 0.717) is 0 Å². The van der Waals surface area contributed by atoms with Crippen LogP contribution < -0.4 is 0 Å². The molecule has 0 spiro atoms. The molecule has 0 saturated carbocycles. The lowest BCUT2D eigenvalue weighted by Crippen LogP contribution is -2.08. The molecule has 72 valence electrons. The van der Waals surface area contributed by atoms with Gasteiger partial charge >= 0.3 is 5.97 Å².